The normalized spacial score (nSPS) is 29.6. The third-order valence-electron chi connectivity index (χ3n) is 1.14. The molecular formula is C5H8O3. The molecule has 0 aromatic heterocycles. The first-order valence-electron chi connectivity index (χ1n) is 2.65. The number of hydrogen-bond acceptors (Lipinski definition) is 3. The number of carbonyl (C=O) groups excluding carboxylic acids is 1. The van der Waals surface area contributed by atoms with Crippen molar-refractivity contribution in [3.05, 3.63) is 0 Å². The Morgan fingerprint density at radius 2 is 2.50 bits per heavy atom. The highest BCUT2D eigenvalue weighted by atomic mass is 16.5. The topological polar surface area (TPSA) is 46.5 Å². The van der Waals surface area contributed by atoms with Crippen LogP contribution < -0.4 is 0 Å². The molecule has 0 bridgehead atoms. The number of esters is 1. The third-order valence-corrected chi connectivity index (χ3v) is 1.14. The number of carbonyl (C=O) groups is 1. The van der Waals surface area contributed by atoms with Crippen molar-refractivity contribution in [3.63, 3.8) is 0 Å². The summed E-state index contributed by atoms with van der Waals surface area (Å²) in [6, 6.07) is 0. The van der Waals surface area contributed by atoms with Crippen LogP contribution in [-0.2, 0) is 9.53 Å². The molecule has 1 aliphatic heterocycles. The number of aliphatic hydroxyl groups is 1. The summed E-state index contributed by atoms with van der Waals surface area (Å²) in [4.78, 5) is 10.3. The molecule has 1 heterocycles. The Hall–Kier alpha value is -0.570. The standard InChI is InChI=1S/C5H8O3/c6-4-2-1-3-8-5(4)7/h4,6H,1-3H2. The van der Waals surface area contributed by atoms with Crippen LogP contribution in [0.3, 0.4) is 0 Å². The lowest BCUT2D eigenvalue weighted by molar-refractivity contribution is -0.158. The van der Waals surface area contributed by atoms with Crippen molar-refractivity contribution in [2.24, 2.45) is 0 Å². The Morgan fingerprint density at radius 3 is 2.88 bits per heavy atom. The molecule has 1 N–H and O–H groups in total. The summed E-state index contributed by atoms with van der Waals surface area (Å²) >= 11 is 0. The molecule has 1 rings (SSSR count). The molecule has 0 aliphatic carbocycles. The second-order valence-electron chi connectivity index (χ2n) is 1.83. The molecule has 0 radical (unpaired) electrons. The van der Waals surface area contributed by atoms with Gasteiger partial charge in [-0.1, -0.05) is 0 Å². The summed E-state index contributed by atoms with van der Waals surface area (Å²) in [6.07, 6.45) is 0.481. The Kier molecular flexibility index (Phi) is 1.48. The summed E-state index contributed by atoms with van der Waals surface area (Å²) in [5.41, 5.74) is 0. The van der Waals surface area contributed by atoms with Crippen LogP contribution in [0.4, 0.5) is 0 Å². The number of aliphatic hydroxyl groups excluding tert-OH is 1. The Labute approximate surface area is 47.3 Å². The molecular weight excluding hydrogens is 108 g/mol. The fourth-order valence-electron chi connectivity index (χ4n) is 0.663. The van der Waals surface area contributed by atoms with Gasteiger partial charge in [-0.15, -0.1) is 0 Å². The number of rotatable bonds is 0. The average molecular weight is 116 g/mol. The number of cyclic esters (lactones) is 1. The summed E-state index contributed by atoms with van der Waals surface area (Å²) < 4.78 is 4.50. The lowest BCUT2D eigenvalue weighted by Crippen LogP contribution is -2.28. The smallest absolute Gasteiger partial charge is 0.334 e. The highest BCUT2D eigenvalue weighted by Gasteiger charge is 2.19. The van der Waals surface area contributed by atoms with Gasteiger partial charge in [-0.2, -0.15) is 0 Å². The molecule has 1 fully saturated rings. The Bertz CT molecular complexity index is 99.8. The van der Waals surface area contributed by atoms with Crippen molar-refractivity contribution in [1.82, 2.24) is 0 Å². The monoisotopic (exact) mass is 116 g/mol. The first-order chi connectivity index (χ1) is 3.80. The minimum Gasteiger partial charge on any atom is -0.464 e. The maximum absolute atomic E-state index is 10.3. The van der Waals surface area contributed by atoms with E-state index >= 15 is 0 Å². The predicted octanol–water partition coefficient (Wildman–Crippen LogP) is -0.316. The van der Waals surface area contributed by atoms with Crippen molar-refractivity contribution in [2.75, 3.05) is 6.61 Å². The summed E-state index contributed by atoms with van der Waals surface area (Å²) in [5, 5.41) is 8.70. The van der Waals surface area contributed by atoms with E-state index in [-0.39, 0.29) is 0 Å². The summed E-state index contributed by atoms with van der Waals surface area (Å²) in [6.45, 7) is 0.468. The van der Waals surface area contributed by atoms with Gasteiger partial charge >= 0.3 is 5.97 Å². The second-order valence-corrected chi connectivity index (χ2v) is 1.83. The zero-order valence-corrected chi connectivity index (χ0v) is 4.46. The fourth-order valence-corrected chi connectivity index (χ4v) is 0.663. The molecule has 3 heteroatoms. The minimum atomic E-state index is -0.858. The van der Waals surface area contributed by atoms with Crippen LogP contribution in [0.1, 0.15) is 12.8 Å². The van der Waals surface area contributed by atoms with Crippen LogP contribution in [0.2, 0.25) is 0 Å². The van der Waals surface area contributed by atoms with E-state index in [1.165, 1.54) is 0 Å². The number of hydrogen-bond donors (Lipinski definition) is 1. The molecule has 1 aliphatic rings. The zero-order chi connectivity index (χ0) is 5.98. The highest BCUT2D eigenvalue weighted by Crippen LogP contribution is 2.05. The quantitative estimate of drug-likeness (QED) is 0.441. The number of ether oxygens (including phenoxy) is 1. The van der Waals surface area contributed by atoms with Gasteiger partial charge in [0.25, 0.3) is 0 Å². The van der Waals surface area contributed by atoms with Crippen LogP contribution in [0.5, 0.6) is 0 Å². The Morgan fingerprint density at radius 1 is 1.75 bits per heavy atom. The van der Waals surface area contributed by atoms with E-state index in [1.54, 1.807) is 0 Å². The molecule has 8 heavy (non-hydrogen) atoms. The maximum atomic E-state index is 10.3. The van der Waals surface area contributed by atoms with Gasteiger partial charge in [-0.25, -0.2) is 4.79 Å². The van der Waals surface area contributed by atoms with Crippen molar-refractivity contribution in [3.8, 4) is 0 Å². The largest absolute Gasteiger partial charge is 0.464 e. The average Bonchev–Trinajstić information content (AvgIpc) is 1.77. The first-order valence-corrected chi connectivity index (χ1v) is 2.65. The van der Waals surface area contributed by atoms with E-state index in [1.807, 2.05) is 0 Å². The molecule has 0 saturated carbocycles. The van der Waals surface area contributed by atoms with Gasteiger partial charge in [-0.3, -0.25) is 0 Å². The van der Waals surface area contributed by atoms with E-state index in [4.69, 9.17) is 5.11 Å². The van der Waals surface area contributed by atoms with Gasteiger partial charge in [0.05, 0.1) is 6.61 Å². The SMILES string of the molecule is O=C1OCCCC1O. The molecule has 0 aromatic carbocycles. The van der Waals surface area contributed by atoms with Crippen LogP contribution in [-0.4, -0.2) is 23.8 Å². The van der Waals surface area contributed by atoms with Gasteiger partial charge in [-0.05, 0) is 12.8 Å². The fraction of sp³-hybridized carbons (Fsp3) is 0.800. The highest BCUT2D eigenvalue weighted by molar-refractivity contribution is 5.74. The van der Waals surface area contributed by atoms with Crippen molar-refractivity contribution < 1.29 is 14.6 Å². The second kappa shape index (κ2) is 2.13. The molecule has 0 spiro atoms. The van der Waals surface area contributed by atoms with E-state index in [0.717, 1.165) is 6.42 Å². The lowest BCUT2D eigenvalue weighted by Gasteiger charge is -2.14. The van der Waals surface area contributed by atoms with Crippen LogP contribution in [0.15, 0.2) is 0 Å². The Balaban J connectivity index is 2.39. The van der Waals surface area contributed by atoms with Gasteiger partial charge in [0.1, 0.15) is 0 Å². The van der Waals surface area contributed by atoms with Crippen LogP contribution in [0, 0.1) is 0 Å². The van der Waals surface area contributed by atoms with Crippen LogP contribution in [0.25, 0.3) is 0 Å². The summed E-state index contributed by atoms with van der Waals surface area (Å²) in [7, 11) is 0. The van der Waals surface area contributed by atoms with Crippen molar-refractivity contribution in [1.29, 1.82) is 0 Å². The summed E-state index contributed by atoms with van der Waals surface area (Å²) in [5.74, 6) is -0.476. The first kappa shape index (κ1) is 5.56. The molecule has 46 valence electrons. The van der Waals surface area contributed by atoms with Gasteiger partial charge in [0.2, 0.25) is 0 Å². The van der Waals surface area contributed by atoms with Gasteiger partial charge < -0.3 is 9.84 Å². The van der Waals surface area contributed by atoms with Gasteiger partial charge in [0, 0.05) is 0 Å². The van der Waals surface area contributed by atoms with E-state index in [0.29, 0.717) is 13.0 Å². The minimum absolute atomic E-state index is 0.468. The van der Waals surface area contributed by atoms with E-state index in [2.05, 4.69) is 4.74 Å². The molecule has 1 unspecified atom stereocenters. The molecule has 1 atom stereocenters. The maximum Gasteiger partial charge on any atom is 0.334 e. The zero-order valence-electron chi connectivity index (χ0n) is 4.46. The molecule has 1 saturated heterocycles. The van der Waals surface area contributed by atoms with Crippen LogP contribution >= 0.6 is 0 Å². The van der Waals surface area contributed by atoms with E-state index < -0.39 is 12.1 Å². The molecule has 0 aromatic rings. The van der Waals surface area contributed by atoms with Gasteiger partial charge in [0.15, 0.2) is 6.10 Å². The third kappa shape index (κ3) is 0.980. The van der Waals surface area contributed by atoms with E-state index in [9.17, 15) is 4.79 Å². The van der Waals surface area contributed by atoms with Crippen molar-refractivity contribution in [2.45, 2.75) is 18.9 Å². The lowest BCUT2D eigenvalue weighted by atomic mass is 10.2. The predicted molar refractivity (Wildman–Crippen MR) is 26.2 cm³/mol. The molecule has 3 nitrogen and oxygen atoms in total. The van der Waals surface area contributed by atoms with Crippen molar-refractivity contribution >= 4 is 5.97 Å². The molecule has 0 amide bonds.